The molecule has 1 saturated heterocycles. The first kappa shape index (κ1) is 31.6. The monoisotopic (exact) mass is 597 g/mol. The molecule has 0 bridgehead atoms. The van der Waals surface area contributed by atoms with Gasteiger partial charge in [0, 0.05) is 42.3 Å². The summed E-state index contributed by atoms with van der Waals surface area (Å²) in [5, 5.41) is 22.0. The standard InChI is InChI=1S/C31H40FN3O6Si/c1-6-14-35-25-13-12-23(33-29(39)21(3)37)17-24(25)31(30(35)40)20(2)28(42(4,5)32)26(41-31)18-27(38)34(15-16-36)19-22-10-8-7-9-11-22/h6-13,17,20-21,26,28,36-37H,1,14-16,18-19H2,2-5H3,(H,33,39)/t20-,21+,26+,28-,31+/m1/s1. The Morgan fingerprint density at radius 3 is 2.55 bits per heavy atom. The molecule has 226 valence electrons. The number of benzene rings is 2. The van der Waals surface area contributed by atoms with Crippen LogP contribution in [0.3, 0.4) is 0 Å². The first-order valence-corrected chi connectivity index (χ1v) is 17.2. The Morgan fingerprint density at radius 1 is 1.26 bits per heavy atom. The van der Waals surface area contributed by atoms with Crippen LogP contribution in [-0.2, 0) is 31.3 Å². The second-order valence-corrected chi connectivity index (χ2v) is 15.4. The fourth-order valence-electron chi connectivity index (χ4n) is 6.40. The fourth-order valence-corrected chi connectivity index (χ4v) is 8.89. The molecule has 0 aromatic heterocycles. The number of fused-ring (bicyclic) bond motifs is 2. The van der Waals surface area contributed by atoms with E-state index in [9.17, 15) is 24.6 Å². The second kappa shape index (κ2) is 12.5. The van der Waals surface area contributed by atoms with Crippen molar-refractivity contribution in [2.45, 2.75) is 63.3 Å². The van der Waals surface area contributed by atoms with Gasteiger partial charge in [0.05, 0.1) is 24.8 Å². The van der Waals surface area contributed by atoms with Crippen molar-refractivity contribution < 1.29 is 33.4 Å². The summed E-state index contributed by atoms with van der Waals surface area (Å²) in [5.41, 5.74) is -0.0214. The summed E-state index contributed by atoms with van der Waals surface area (Å²) in [5.74, 6) is -1.93. The van der Waals surface area contributed by atoms with Crippen LogP contribution in [0.5, 0.6) is 0 Å². The van der Waals surface area contributed by atoms with Crippen molar-refractivity contribution in [3.63, 3.8) is 0 Å². The van der Waals surface area contributed by atoms with E-state index in [1.165, 1.54) is 16.7 Å². The minimum atomic E-state index is -3.52. The van der Waals surface area contributed by atoms with Crippen molar-refractivity contribution >= 4 is 37.5 Å². The normalized spacial score (nSPS) is 24.0. The predicted molar refractivity (Wildman–Crippen MR) is 161 cm³/mol. The summed E-state index contributed by atoms with van der Waals surface area (Å²) >= 11 is 0. The van der Waals surface area contributed by atoms with Crippen LogP contribution in [0.25, 0.3) is 0 Å². The van der Waals surface area contributed by atoms with Gasteiger partial charge in [-0.1, -0.05) is 43.3 Å². The second-order valence-electron chi connectivity index (χ2n) is 11.6. The van der Waals surface area contributed by atoms with Gasteiger partial charge in [0.1, 0.15) is 6.10 Å². The van der Waals surface area contributed by atoms with Gasteiger partial charge in [-0.05, 0) is 43.8 Å². The summed E-state index contributed by atoms with van der Waals surface area (Å²) < 4.78 is 22.8. The van der Waals surface area contributed by atoms with E-state index in [1.807, 2.05) is 30.3 Å². The molecule has 2 aliphatic heterocycles. The third kappa shape index (κ3) is 5.92. The quantitative estimate of drug-likeness (QED) is 0.206. The van der Waals surface area contributed by atoms with Crippen LogP contribution in [0.2, 0.25) is 18.6 Å². The maximum atomic E-state index is 16.1. The largest absolute Gasteiger partial charge is 0.395 e. The number of hydrogen-bond donors (Lipinski definition) is 3. The molecular formula is C31H40FN3O6Si. The molecule has 11 heteroatoms. The van der Waals surface area contributed by atoms with Crippen molar-refractivity contribution in [3.05, 3.63) is 72.3 Å². The summed E-state index contributed by atoms with van der Waals surface area (Å²) in [7, 11) is -3.52. The van der Waals surface area contributed by atoms with Crippen LogP contribution in [0.15, 0.2) is 61.2 Å². The molecule has 2 aromatic carbocycles. The molecule has 1 spiro atoms. The summed E-state index contributed by atoms with van der Waals surface area (Å²) in [6.45, 7) is 10.4. The number of ether oxygens (including phenoxy) is 1. The Morgan fingerprint density at radius 2 is 1.95 bits per heavy atom. The average Bonchev–Trinajstić information content (AvgIpc) is 3.35. The van der Waals surface area contributed by atoms with E-state index in [1.54, 1.807) is 44.3 Å². The highest BCUT2D eigenvalue weighted by atomic mass is 28.4. The van der Waals surface area contributed by atoms with Crippen LogP contribution in [-0.4, -0.2) is 73.1 Å². The number of hydrogen-bond acceptors (Lipinski definition) is 6. The molecule has 0 aliphatic carbocycles. The van der Waals surface area contributed by atoms with E-state index in [2.05, 4.69) is 11.9 Å². The van der Waals surface area contributed by atoms with Gasteiger partial charge in [-0.2, -0.15) is 0 Å². The van der Waals surface area contributed by atoms with Gasteiger partial charge in [-0.15, -0.1) is 6.58 Å². The molecule has 42 heavy (non-hydrogen) atoms. The Labute approximate surface area is 247 Å². The summed E-state index contributed by atoms with van der Waals surface area (Å²) in [6, 6.07) is 14.3. The Bertz CT molecular complexity index is 1330. The molecule has 2 aliphatic rings. The molecule has 0 unspecified atom stereocenters. The van der Waals surface area contributed by atoms with Gasteiger partial charge in [0.15, 0.2) is 5.60 Å². The first-order chi connectivity index (χ1) is 19.8. The number of nitrogens with one attached hydrogen (secondary N) is 1. The summed E-state index contributed by atoms with van der Waals surface area (Å²) in [4.78, 5) is 43.1. The minimum absolute atomic E-state index is 0.101. The number of amides is 3. The molecule has 2 heterocycles. The number of halogens is 1. The van der Waals surface area contributed by atoms with Crippen LogP contribution in [0, 0.1) is 5.92 Å². The maximum Gasteiger partial charge on any atom is 0.264 e. The molecule has 0 saturated carbocycles. The fraction of sp³-hybridized carbons (Fsp3) is 0.452. The SMILES string of the molecule is C=CCN1C(=O)[C@@]2(O[C@@H](CC(=O)N(CCO)Cc3ccccc3)[C@H]([Si](C)(C)F)[C@H]2C)c2cc(NC(=O)[C@H](C)O)ccc21. The van der Waals surface area contributed by atoms with Crippen LogP contribution in [0.1, 0.15) is 31.4 Å². The lowest BCUT2D eigenvalue weighted by Gasteiger charge is -2.31. The Hall–Kier alpha value is -3.38. The van der Waals surface area contributed by atoms with Gasteiger partial charge in [-0.3, -0.25) is 14.4 Å². The number of aliphatic hydroxyl groups is 2. The van der Waals surface area contributed by atoms with Gasteiger partial charge in [-0.25, -0.2) is 0 Å². The molecule has 0 radical (unpaired) electrons. The zero-order chi connectivity index (χ0) is 30.8. The number of anilines is 2. The van der Waals surface area contributed by atoms with Gasteiger partial charge in [0.2, 0.25) is 14.3 Å². The minimum Gasteiger partial charge on any atom is -0.395 e. The number of aliphatic hydroxyl groups excluding tert-OH is 2. The van der Waals surface area contributed by atoms with E-state index >= 15 is 4.11 Å². The lowest BCUT2D eigenvalue weighted by molar-refractivity contribution is -0.149. The van der Waals surface area contributed by atoms with E-state index in [0.717, 1.165) is 5.56 Å². The zero-order valence-corrected chi connectivity index (χ0v) is 25.5. The molecule has 5 atom stereocenters. The van der Waals surface area contributed by atoms with Gasteiger partial charge in [0.25, 0.3) is 11.8 Å². The van der Waals surface area contributed by atoms with Crippen molar-refractivity contribution in [1.82, 2.24) is 4.90 Å². The highest BCUT2D eigenvalue weighted by Gasteiger charge is 2.67. The lowest BCUT2D eigenvalue weighted by Crippen LogP contribution is -2.45. The van der Waals surface area contributed by atoms with Crippen molar-refractivity contribution in [3.8, 4) is 0 Å². The van der Waals surface area contributed by atoms with E-state index in [-0.39, 0.29) is 44.5 Å². The molecule has 3 amide bonds. The van der Waals surface area contributed by atoms with E-state index < -0.39 is 43.6 Å². The molecule has 4 rings (SSSR count). The van der Waals surface area contributed by atoms with Crippen molar-refractivity contribution in [1.29, 1.82) is 0 Å². The molecule has 9 nitrogen and oxygen atoms in total. The van der Waals surface area contributed by atoms with Crippen molar-refractivity contribution in [2.75, 3.05) is 29.9 Å². The number of nitrogens with zero attached hydrogens (tertiary/aromatic N) is 2. The highest BCUT2D eigenvalue weighted by molar-refractivity contribution is 6.72. The summed E-state index contributed by atoms with van der Waals surface area (Å²) in [6.07, 6.45) is -0.713. The number of carbonyl (C=O) groups excluding carboxylic acids is 3. The topological polar surface area (TPSA) is 119 Å². The number of carbonyl (C=O) groups is 3. The first-order valence-electron chi connectivity index (χ1n) is 14.2. The maximum absolute atomic E-state index is 16.1. The van der Waals surface area contributed by atoms with E-state index in [4.69, 9.17) is 4.74 Å². The lowest BCUT2D eigenvalue weighted by atomic mass is 9.82. The van der Waals surface area contributed by atoms with Crippen LogP contribution >= 0.6 is 0 Å². The van der Waals surface area contributed by atoms with Gasteiger partial charge < -0.3 is 34.2 Å². The third-order valence-electron chi connectivity index (χ3n) is 8.23. The smallest absolute Gasteiger partial charge is 0.264 e. The average molecular weight is 598 g/mol. The molecular weight excluding hydrogens is 557 g/mol. The molecule has 1 fully saturated rings. The van der Waals surface area contributed by atoms with Crippen LogP contribution in [0.4, 0.5) is 15.5 Å². The Balaban J connectivity index is 1.74. The predicted octanol–water partition coefficient (Wildman–Crippen LogP) is 3.72. The third-order valence-corrected chi connectivity index (χ3v) is 10.7. The molecule has 2 aromatic rings. The van der Waals surface area contributed by atoms with Crippen molar-refractivity contribution in [2.24, 2.45) is 5.92 Å². The number of rotatable bonds is 11. The van der Waals surface area contributed by atoms with Crippen LogP contribution < -0.4 is 10.2 Å². The van der Waals surface area contributed by atoms with E-state index in [0.29, 0.717) is 16.9 Å². The Kier molecular flexibility index (Phi) is 9.36. The highest BCUT2D eigenvalue weighted by Crippen LogP contribution is 2.60. The zero-order valence-electron chi connectivity index (χ0n) is 24.5. The molecule has 3 N–H and O–H groups in total. The van der Waals surface area contributed by atoms with Gasteiger partial charge >= 0.3 is 0 Å².